The highest BCUT2D eigenvalue weighted by atomic mass is 35.6. The Labute approximate surface area is 150 Å². The lowest BCUT2D eigenvalue weighted by molar-refractivity contribution is 0.187. The van der Waals surface area contributed by atoms with E-state index >= 15 is 0 Å². The summed E-state index contributed by atoms with van der Waals surface area (Å²) in [5.41, 5.74) is 0. The molecule has 0 aliphatic carbocycles. The molecule has 11 heteroatoms. The van der Waals surface area contributed by atoms with Crippen molar-refractivity contribution in [2.45, 2.75) is 40.5 Å². The van der Waals surface area contributed by atoms with Gasteiger partial charge in [0.15, 0.2) is 5.78 Å². The standard InChI is InChI=1S/C12H15Cl3NO5PS/c1-8-9(2)21-22(17,20-8)11(12(13,14)15)16-23(18,19)10-6-4-3-5-7-10/h3-9,11,16H,1-2H3/t8-,9-,11+/m0/s1. The Bertz CT molecular complexity index is 695. The third-order valence-corrected chi connectivity index (χ3v) is 8.36. The third kappa shape index (κ3) is 4.41. The van der Waals surface area contributed by atoms with Crippen LogP contribution in [0.4, 0.5) is 0 Å². The molecule has 3 atom stereocenters. The zero-order valence-corrected chi connectivity index (χ0v) is 16.1. The summed E-state index contributed by atoms with van der Waals surface area (Å²) in [4.78, 5) is -0.0638. The van der Waals surface area contributed by atoms with Crippen LogP contribution in [0, 0.1) is 0 Å². The van der Waals surface area contributed by atoms with Gasteiger partial charge in [0.1, 0.15) is 0 Å². The van der Waals surface area contributed by atoms with E-state index in [-0.39, 0.29) is 4.90 Å². The number of halogens is 3. The number of nitrogens with one attached hydrogen (secondary N) is 1. The average Bonchev–Trinajstić information content (AvgIpc) is 2.70. The fraction of sp³-hybridized carbons (Fsp3) is 0.500. The first-order valence-electron chi connectivity index (χ1n) is 6.56. The molecule has 0 amide bonds. The van der Waals surface area contributed by atoms with Crippen molar-refractivity contribution in [3.8, 4) is 0 Å². The Kier molecular flexibility index (Phi) is 5.76. The molecular weight excluding hydrogens is 408 g/mol. The van der Waals surface area contributed by atoms with Crippen molar-refractivity contribution >= 4 is 52.4 Å². The number of benzene rings is 1. The van der Waals surface area contributed by atoms with Gasteiger partial charge < -0.3 is 9.05 Å². The molecular formula is C12H15Cl3NO5PS. The quantitative estimate of drug-likeness (QED) is 0.591. The predicted octanol–water partition coefficient (Wildman–Crippen LogP) is 3.68. The van der Waals surface area contributed by atoms with Gasteiger partial charge in [-0.3, -0.25) is 4.57 Å². The van der Waals surface area contributed by atoms with Gasteiger partial charge in [0.05, 0.1) is 17.1 Å². The summed E-state index contributed by atoms with van der Waals surface area (Å²) in [6.07, 6.45) is -1.06. The fourth-order valence-corrected chi connectivity index (χ4v) is 7.32. The van der Waals surface area contributed by atoms with E-state index in [1.54, 1.807) is 19.9 Å². The Hall–Kier alpha value is 0.150. The first-order chi connectivity index (χ1) is 10.5. The minimum atomic E-state index is -4.09. The molecule has 1 heterocycles. The summed E-state index contributed by atoms with van der Waals surface area (Å²) >= 11 is 17.5. The van der Waals surface area contributed by atoms with Gasteiger partial charge >= 0.3 is 7.60 Å². The SMILES string of the molecule is C[C@@H]1OP(=O)([C@@H](NS(=O)(=O)c2ccccc2)C(Cl)(Cl)Cl)O[C@H]1C. The second-order valence-corrected chi connectivity index (χ2v) is 11.1. The largest absolute Gasteiger partial charge is 0.353 e. The van der Waals surface area contributed by atoms with Gasteiger partial charge in [-0.25, -0.2) is 8.42 Å². The van der Waals surface area contributed by atoms with Crippen molar-refractivity contribution in [1.82, 2.24) is 4.72 Å². The molecule has 23 heavy (non-hydrogen) atoms. The summed E-state index contributed by atoms with van der Waals surface area (Å²) in [6, 6.07) is 7.44. The van der Waals surface area contributed by atoms with Crippen molar-refractivity contribution in [2.24, 2.45) is 0 Å². The molecule has 6 nitrogen and oxygen atoms in total. The van der Waals surface area contributed by atoms with Crippen LogP contribution in [0.5, 0.6) is 0 Å². The van der Waals surface area contributed by atoms with Gasteiger partial charge in [-0.15, -0.1) is 0 Å². The van der Waals surface area contributed by atoms with Crippen molar-refractivity contribution < 1.29 is 22.0 Å². The Morgan fingerprint density at radius 3 is 2.04 bits per heavy atom. The van der Waals surface area contributed by atoms with Crippen LogP contribution in [0.15, 0.2) is 35.2 Å². The number of alkyl halides is 3. The average molecular weight is 423 g/mol. The highest BCUT2D eigenvalue weighted by Gasteiger charge is 2.55. The molecule has 2 rings (SSSR count). The molecule has 0 spiro atoms. The maximum absolute atomic E-state index is 12.9. The van der Waals surface area contributed by atoms with E-state index in [9.17, 15) is 13.0 Å². The Morgan fingerprint density at radius 2 is 1.61 bits per heavy atom. The molecule has 1 aromatic rings. The van der Waals surface area contributed by atoms with Crippen molar-refractivity contribution in [3.05, 3.63) is 30.3 Å². The van der Waals surface area contributed by atoms with E-state index < -0.39 is 39.4 Å². The molecule has 0 aromatic heterocycles. The van der Waals surface area contributed by atoms with Crippen LogP contribution in [-0.2, 0) is 23.6 Å². The second-order valence-electron chi connectivity index (χ2n) is 5.04. The van der Waals surface area contributed by atoms with E-state index in [4.69, 9.17) is 43.9 Å². The lowest BCUT2D eigenvalue weighted by Crippen LogP contribution is -2.43. The molecule has 130 valence electrons. The smallest absolute Gasteiger partial charge is 0.302 e. The van der Waals surface area contributed by atoms with E-state index in [0.717, 1.165) is 0 Å². The van der Waals surface area contributed by atoms with Crippen LogP contribution in [0.2, 0.25) is 0 Å². The normalized spacial score (nSPS) is 26.1. The van der Waals surface area contributed by atoms with Gasteiger partial charge in [0.2, 0.25) is 13.8 Å². The first-order valence-corrected chi connectivity index (χ1v) is 10.8. The lowest BCUT2D eigenvalue weighted by Gasteiger charge is -2.28. The van der Waals surface area contributed by atoms with Crippen LogP contribution >= 0.6 is 42.4 Å². The molecule has 1 fully saturated rings. The van der Waals surface area contributed by atoms with E-state index in [1.807, 2.05) is 0 Å². The summed E-state index contributed by atoms with van der Waals surface area (Å²) in [6.45, 7) is 3.26. The molecule has 1 aliphatic heterocycles. The van der Waals surface area contributed by atoms with Gasteiger partial charge in [0.25, 0.3) is 0 Å². The summed E-state index contributed by atoms with van der Waals surface area (Å²) in [5, 5.41) is 0. The fourth-order valence-electron chi connectivity index (χ4n) is 1.91. The Balaban J connectivity index is 2.37. The zero-order chi connectivity index (χ0) is 17.5. The molecule has 1 saturated heterocycles. The Morgan fingerprint density at radius 1 is 1.13 bits per heavy atom. The maximum Gasteiger partial charge on any atom is 0.353 e. The van der Waals surface area contributed by atoms with Gasteiger partial charge in [-0.05, 0) is 26.0 Å². The molecule has 0 unspecified atom stereocenters. The van der Waals surface area contributed by atoms with E-state index in [2.05, 4.69) is 4.72 Å². The van der Waals surface area contributed by atoms with Crippen LogP contribution in [0.25, 0.3) is 0 Å². The molecule has 1 aromatic carbocycles. The molecule has 0 radical (unpaired) electrons. The number of rotatable bonds is 4. The van der Waals surface area contributed by atoms with E-state index in [0.29, 0.717) is 0 Å². The summed E-state index contributed by atoms with van der Waals surface area (Å²) < 4.78 is 48.2. The van der Waals surface area contributed by atoms with Gasteiger partial charge in [0, 0.05) is 0 Å². The highest BCUT2D eigenvalue weighted by Crippen LogP contribution is 2.64. The molecule has 0 saturated carbocycles. The molecule has 1 aliphatic rings. The minimum absolute atomic E-state index is 0.0638. The topological polar surface area (TPSA) is 81.7 Å². The highest BCUT2D eigenvalue weighted by molar-refractivity contribution is 7.89. The van der Waals surface area contributed by atoms with Crippen LogP contribution in [-0.4, -0.2) is 30.2 Å². The predicted molar refractivity (Wildman–Crippen MR) is 89.5 cm³/mol. The number of hydrogen-bond donors (Lipinski definition) is 1. The van der Waals surface area contributed by atoms with Crippen molar-refractivity contribution in [2.75, 3.05) is 0 Å². The molecule has 0 bridgehead atoms. The zero-order valence-electron chi connectivity index (χ0n) is 12.1. The number of hydrogen-bond acceptors (Lipinski definition) is 5. The number of sulfonamides is 1. The maximum atomic E-state index is 12.9. The van der Waals surface area contributed by atoms with Crippen LogP contribution in [0.1, 0.15) is 13.8 Å². The van der Waals surface area contributed by atoms with Crippen LogP contribution < -0.4 is 4.72 Å². The summed E-state index contributed by atoms with van der Waals surface area (Å²) in [7, 11) is -8.11. The van der Waals surface area contributed by atoms with Gasteiger partial charge in [-0.1, -0.05) is 53.0 Å². The van der Waals surface area contributed by atoms with E-state index in [1.165, 1.54) is 24.3 Å². The lowest BCUT2D eigenvalue weighted by atomic mass is 10.3. The monoisotopic (exact) mass is 421 g/mol. The second kappa shape index (κ2) is 6.81. The minimum Gasteiger partial charge on any atom is -0.302 e. The van der Waals surface area contributed by atoms with Crippen molar-refractivity contribution in [1.29, 1.82) is 0 Å². The summed E-state index contributed by atoms with van der Waals surface area (Å²) in [5.74, 6) is -1.68. The van der Waals surface area contributed by atoms with Crippen LogP contribution in [0.3, 0.4) is 0 Å². The molecule has 1 N–H and O–H groups in total. The third-order valence-electron chi connectivity index (χ3n) is 3.23. The van der Waals surface area contributed by atoms with Crippen molar-refractivity contribution in [3.63, 3.8) is 0 Å². The first kappa shape index (κ1) is 19.5. The van der Waals surface area contributed by atoms with Gasteiger partial charge in [-0.2, -0.15) is 4.72 Å².